The van der Waals surface area contributed by atoms with Crippen molar-refractivity contribution < 1.29 is 34.4 Å². The van der Waals surface area contributed by atoms with Crippen molar-refractivity contribution in [1.29, 1.82) is 0 Å². The van der Waals surface area contributed by atoms with Crippen molar-refractivity contribution in [1.82, 2.24) is 0 Å². The first-order valence-corrected chi connectivity index (χ1v) is 3.64. The van der Waals surface area contributed by atoms with E-state index in [0.29, 0.717) is 10.6 Å². The summed E-state index contributed by atoms with van der Waals surface area (Å²) in [6, 6.07) is 7.24. The number of hydrogen-bond donors (Lipinski definition) is 1. The molecule has 0 aliphatic heterocycles. The van der Waals surface area contributed by atoms with E-state index in [1.165, 1.54) is 6.92 Å². The van der Waals surface area contributed by atoms with Crippen molar-refractivity contribution in [2.75, 3.05) is 5.32 Å². The van der Waals surface area contributed by atoms with E-state index in [1.807, 2.05) is 12.1 Å². The monoisotopic (exact) mass is 189 g/mol. The van der Waals surface area contributed by atoms with Crippen LogP contribution in [-0.4, -0.2) is 5.91 Å². The molecule has 58 valence electrons. The van der Waals surface area contributed by atoms with E-state index >= 15 is 0 Å². The van der Waals surface area contributed by atoms with E-state index in [9.17, 15) is 4.79 Å². The molecule has 0 saturated heterocycles. The molecule has 0 unspecified atom stereocenters. The van der Waals surface area contributed by atoms with Crippen molar-refractivity contribution in [3.63, 3.8) is 0 Å². The SMILES string of the molecule is CC(=O)Nc1ccccc1[S-].[Na+]. The van der Waals surface area contributed by atoms with Crippen LogP contribution in [0.25, 0.3) is 0 Å². The fourth-order valence-electron chi connectivity index (χ4n) is 0.760. The Morgan fingerprint density at radius 2 is 2.00 bits per heavy atom. The molecule has 0 aliphatic rings. The van der Waals surface area contributed by atoms with E-state index in [1.54, 1.807) is 12.1 Å². The molecule has 1 aromatic rings. The van der Waals surface area contributed by atoms with Gasteiger partial charge in [-0.25, -0.2) is 0 Å². The van der Waals surface area contributed by atoms with Crippen molar-refractivity contribution >= 4 is 24.2 Å². The Morgan fingerprint density at radius 1 is 1.42 bits per heavy atom. The third-order valence-electron chi connectivity index (χ3n) is 1.20. The van der Waals surface area contributed by atoms with Gasteiger partial charge in [0.15, 0.2) is 0 Å². The van der Waals surface area contributed by atoms with Gasteiger partial charge in [0.25, 0.3) is 0 Å². The van der Waals surface area contributed by atoms with E-state index in [0.717, 1.165) is 0 Å². The Hall–Kier alpha value is -0.0900. The number of carbonyl (C=O) groups excluding carboxylic acids is 1. The maximum absolute atomic E-state index is 10.6. The Morgan fingerprint density at radius 3 is 2.50 bits per heavy atom. The predicted molar refractivity (Wildman–Crippen MR) is 46.4 cm³/mol. The average Bonchev–Trinajstić information content (AvgIpc) is 1.93. The quantitative estimate of drug-likeness (QED) is 0.433. The summed E-state index contributed by atoms with van der Waals surface area (Å²) in [5, 5.41) is 2.63. The number of nitrogens with one attached hydrogen (secondary N) is 1. The molecule has 0 radical (unpaired) electrons. The van der Waals surface area contributed by atoms with Crippen molar-refractivity contribution in [2.24, 2.45) is 0 Å². The number of carbonyl (C=O) groups is 1. The first-order valence-electron chi connectivity index (χ1n) is 3.24. The Bertz CT molecular complexity index is 278. The van der Waals surface area contributed by atoms with Gasteiger partial charge >= 0.3 is 29.6 Å². The normalized spacial score (nSPS) is 8.42. The maximum Gasteiger partial charge on any atom is 1.00 e. The average molecular weight is 189 g/mol. The largest absolute Gasteiger partial charge is 1.00 e. The molecule has 0 bridgehead atoms. The minimum Gasteiger partial charge on any atom is -0.778 e. The van der Waals surface area contributed by atoms with Crippen LogP contribution in [0.4, 0.5) is 5.69 Å². The number of hydrogen-bond acceptors (Lipinski definition) is 2. The summed E-state index contributed by atoms with van der Waals surface area (Å²) in [5.74, 6) is -0.0951. The standard InChI is InChI=1S/C8H9NOS.Na/c1-6(10)9-7-4-2-3-5-8(7)11;/h2-5,11H,1H3,(H,9,10);/q;+1/p-1. The summed E-state index contributed by atoms with van der Waals surface area (Å²) >= 11 is 4.96. The molecular weight excluding hydrogens is 181 g/mol. The number of amides is 1. The summed E-state index contributed by atoms with van der Waals surface area (Å²) in [4.78, 5) is 11.3. The molecule has 1 rings (SSSR count). The van der Waals surface area contributed by atoms with E-state index in [4.69, 9.17) is 12.6 Å². The molecule has 12 heavy (non-hydrogen) atoms. The van der Waals surface area contributed by atoms with Gasteiger partial charge in [0, 0.05) is 12.6 Å². The number of benzene rings is 1. The Kier molecular flexibility index (Phi) is 5.50. The predicted octanol–water partition coefficient (Wildman–Crippen LogP) is -1.45. The van der Waals surface area contributed by atoms with E-state index < -0.39 is 0 Å². The third kappa shape index (κ3) is 3.54. The minimum absolute atomic E-state index is 0. The molecule has 0 heterocycles. The molecule has 0 aromatic heterocycles. The van der Waals surface area contributed by atoms with Gasteiger partial charge in [-0.05, 0) is 6.07 Å². The third-order valence-corrected chi connectivity index (χ3v) is 1.55. The van der Waals surface area contributed by atoms with Gasteiger partial charge in [-0.15, -0.1) is 0 Å². The van der Waals surface area contributed by atoms with Crippen LogP contribution in [0.5, 0.6) is 0 Å². The van der Waals surface area contributed by atoms with Crippen LogP contribution < -0.4 is 34.9 Å². The summed E-state index contributed by atoms with van der Waals surface area (Å²) in [6.45, 7) is 1.46. The minimum atomic E-state index is -0.0951. The molecule has 0 spiro atoms. The number of rotatable bonds is 1. The molecule has 1 N–H and O–H groups in total. The molecule has 0 saturated carbocycles. The van der Waals surface area contributed by atoms with Crippen molar-refractivity contribution in [2.45, 2.75) is 11.8 Å². The first-order chi connectivity index (χ1) is 5.20. The summed E-state index contributed by atoms with van der Waals surface area (Å²) in [6.07, 6.45) is 0. The number of para-hydroxylation sites is 1. The van der Waals surface area contributed by atoms with Crippen LogP contribution in [0.1, 0.15) is 6.92 Å². The second-order valence-electron chi connectivity index (χ2n) is 2.18. The molecule has 0 atom stereocenters. The molecule has 0 aliphatic carbocycles. The van der Waals surface area contributed by atoms with Gasteiger partial charge in [0.1, 0.15) is 0 Å². The summed E-state index contributed by atoms with van der Waals surface area (Å²) in [7, 11) is 0. The fourth-order valence-corrected chi connectivity index (χ4v) is 0.957. The molecule has 1 amide bonds. The molecule has 4 heteroatoms. The van der Waals surface area contributed by atoms with E-state index in [2.05, 4.69) is 5.32 Å². The second-order valence-corrected chi connectivity index (χ2v) is 2.62. The maximum atomic E-state index is 10.6. The molecule has 0 fully saturated rings. The van der Waals surface area contributed by atoms with Crippen LogP contribution >= 0.6 is 0 Å². The van der Waals surface area contributed by atoms with Crippen LogP contribution in [0.3, 0.4) is 0 Å². The Balaban J connectivity index is 0.00000121. The van der Waals surface area contributed by atoms with Gasteiger partial charge in [-0.3, -0.25) is 4.79 Å². The van der Waals surface area contributed by atoms with Gasteiger partial charge in [0.2, 0.25) is 5.91 Å². The first kappa shape index (κ1) is 11.9. The van der Waals surface area contributed by atoms with Crippen LogP contribution in [0, 0.1) is 0 Å². The van der Waals surface area contributed by atoms with Gasteiger partial charge in [-0.2, -0.15) is 4.90 Å². The fraction of sp³-hybridized carbons (Fsp3) is 0.125. The van der Waals surface area contributed by atoms with E-state index in [-0.39, 0.29) is 35.5 Å². The van der Waals surface area contributed by atoms with Crippen LogP contribution in [0.2, 0.25) is 0 Å². The molecular formula is C8H8NNaOS. The second kappa shape index (κ2) is 5.54. The zero-order valence-corrected chi connectivity index (χ0v) is 9.94. The molecule has 1 aromatic carbocycles. The summed E-state index contributed by atoms with van der Waals surface area (Å²) < 4.78 is 0. The number of anilines is 1. The van der Waals surface area contributed by atoms with Crippen LogP contribution in [-0.2, 0) is 17.4 Å². The smallest absolute Gasteiger partial charge is 0.778 e. The Labute approximate surface area is 99.4 Å². The molecule has 2 nitrogen and oxygen atoms in total. The van der Waals surface area contributed by atoms with Crippen LogP contribution in [0.15, 0.2) is 29.2 Å². The van der Waals surface area contributed by atoms with Gasteiger partial charge in [0.05, 0.1) is 0 Å². The summed E-state index contributed by atoms with van der Waals surface area (Å²) in [5.41, 5.74) is 0.704. The van der Waals surface area contributed by atoms with Gasteiger partial charge in [-0.1, -0.05) is 18.2 Å². The van der Waals surface area contributed by atoms with Crippen molar-refractivity contribution in [3.8, 4) is 0 Å². The zero-order chi connectivity index (χ0) is 8.27. The zero-order valence-electron chi connectivity index (χ0n) is 7.13. The topological polar surface area (TPSA) is 29.1 Å². The van der Waals surface area contributed by atoms with Crippen molar-refractivity contribution in [3.05, 3.63) is 24.3 Å². The van der Waals surface area contributed by atoms with Gasteiger partial charge < -0.3 is 17.9 Å².